The molecule has 2 N–H and O–H groups in total. The second kappa shape index (κ2) is 10.4. The first-order valence-electron chi connectivity index (χ1n) is 11.6. The Morgan fingerprint density at radius 2 is 1.62 bits per heavy atom. The van der Waals surface area contributed by atoms with E-state index in [0.717, 1.165) is 22.3 Å². The highest BCUT2D eigenvalue weighted by atomic mass is 35.5. The Balaban J connectivity index is 1.30. The highest BCUT2D eigenvalue weighted by Crippen LogP contribution is 2.28. The fraction of sp³-hybridized carbons (Fsp3) is 0.111. The van der Waals surface area contributed by atoms with Gasteiger partial charge < -0.3 is 5.32 Å². The van der Waals surface area contributed by atoms with Crippen molar-refractivity contribution < 1.29 is 8.42 Å². The van der Waals surface area contributed by atoms with Gasteiger partial charge in [-0.15, -0.1) is 0 Å². The molecule has 2 heterocycles. The maximum atomic E-state index is 12.6. The fourth-order valence-corrected chi connectivity index (χ4v) is 5.11. The molecule has 10 heteroatoms. The van der Waals surface area contributed by atoms with Crippen LogP contribution in [0.3, 0.4) is 0 Å². The van der Waals surface area contributed by atoms with Crippen molar-refractivity contribution in [2.75, 3.05) is 5.32 Å². The summed E-state index contributed by atoms with van der Waals surface area (Å²) in [6.45, 7) is 2.62. The zero-order chi connectivity index (χ0) is 26.0. The summed E-state index contributed by atoms with van der Waals surface area (Å²) in [5.74, 6) is 0.714. The normalized spacial score (nSPS) is 11.6. The average Bonchev–Trinajstić information content (AvgIpc) is 3.28. The number of halogens is 1. The van der Waals surface area contributed by atoms with Gasteiger partial charge in [-0.2, -0.15) is 9.61 Å². The second-order valence-electron chi connectivity index (χ2n) is 8.65. The van der Waals surface area contributed by atoms with Crippen LogP contribution in [0.4, 0.5) is 5.82 Å². The van der Waals surface area contributed by atoms with Crippen LogP contribution in [-0.4, -0.2) is 30.9 Å². The number of nitrogens with one attached hydrogen (secondary N) is 2. The summed E-state index contributed by atoms with van der Waals surface area (Å²) in [6, 6.07) is 23.9. The second-order valence-corrected chi connectivity index (χ2v) is 10.8. The number of rotatable bonds is 8. The van der Waals surface area contributed by atoms with Crippen LogP contribution in [0.25, 0.3) is 16.9 Å². The molecule has 0 aliphatic carbocycles. The minimum Gasteiger partial charge on any atom is -0.366 e. The van der Waals surface area contributed by atoms with E-state index in [4.69, 9.17) is 19.4 Å². The monoisotopic (exact) mass is 527 g/mol. The molecule has 0 aliphatic heterocycles. The Hall–Kier alpha value is -3.66. The van der Waals surface area contributed by atoms with E-state index < -0.39 is 10.0 Å². The molecule has 3 aromatic carbocycles. The molecule has 0 saturated carbocycles. The summed E-state index contributed by atoms with van der Waals surface area (Å²) in [5, 5.41) is 8.34. The first kappa shape index (κ1) is 25.0. The lowest BCUT2D eigenvalue weighted by Crippen LogP contribution is -2.23. The van der Waals surface area contributed by atoms with Crippen LogP contribution in [0.2, 0.25) is 5.02 Å². The summed E-state index contributed by atoms with van der Waals surface area (Å²) >= 11 is 6.40. The van der Waals surface area contributed by atoms with Crippen molar-refractivity contribution >= 4 is 46.4 Å². The number of hydrogen-bond acceptors (Lipinski definition) is 5. The van der Waals surface area contributed by atoms with Gasteiger partial charge in [-0.05, 0) is 41.7 Å². The predicted molar refractivity (Wildman–Crippen MR) is 148 cm³/mol. The molecule has 184 valence electrons. The molecule has 7 nitrogen and oxygen atoms in total. The minimum atomic E-state index is -3.58. The number of anilines is 1. The summed E-state index contributed by atoms with van der Waals surface area (Å²) in [7, 11) is 2.52. The Morgan fingerprint density at radius 1 is 0.946 bits per heavy atom. The molecule has 5 rings (SSSR count). The molecule has 0 fully saturated rings. The van der Waals surface area contributed by atoms with Crippen molar-refractivity contribution in [1.29, 1.82) is 0 Å². The summed E-state index contributed by atoms with van der Waals surface area (Å²) in [4.78, 5) is 4.90. The lowest BCUT2D eigenvalue weighted by Gasteiger charge is -2.12. The molecule has 0 unspecified atom stereocenters. The largest absolute Gasteiger partial charge is 0.366 e. The van der Waals surface area contributed by atoms with E-state index in [-0.39, 0.29) is 11.4 Å². The number of sulfonamides is 1. The highest BCUT2D eigenvalue weighted by molar-refractivity contribution is 7.89. The lowest BCUT2D eigenvalue weighted by atomic mass is 10.0. The molecule has 0 bridgehead atoms. The zero-order valence-electron chi connectivity index (χ0n) is 20.0. The van der Waals surface area contributed by atoms with Crippen molar-refractivity contribution in [1.82, 2.24) is 19.3 Å². The third kappa shape index (κ3) is 5.54. The molecule has 0 saturated heterocycles. The Kier molecular flexibility index (Phi) is 7.01. The van der Waals surface area contributed by atoms with Gasteiger partial charge in [0, 0.05) is 35.9 Å². The molecule has 0 atom stereocenters. The Bertz CT molecular complexity index is 1670. The van der Waals surface area contributed by atoms with Gasteiger partial charge in [0.15, 0.2) is 5.65 Å². The smallest absolute Gasteiger partial charge is 0.240 e. The minimum absolute atomic E-state index is 0.197. The first-order valence-corrected chi connectivity index (χ1v) is 13.4. The third-order valence-electron chi connectivity index (χ3n) is 5.94. The molecule has 0 aliphatic rings. The van der Waals surface area contributed by atoms with Crippen LogP contribution in [0, 0.1) is 6.92 Å². The van der Waals surface area contributed by atoms with Crippen molar-refractivity contribution in [3.8, 4) is 11.3 Å². The molecule has 2 radical (unpaired) electrons. The first-order chi connectivity index (χ1) is 17.8. The van der Waals surface area contributed by atoms with Gasteiger partial charge >= 0.3 is 0 Å². The van der Waals surface area contributed by atoms with Crippen LogP contribution in [0.5, 0.6) is 0 Å². The van der Waals surface area contributed by atoms with Gasteiger partial charge in [-0.3, -0.25) is 0 Å². The van der Waals surface area contributed by atoms with E-state index in [9.17, 15) is 8.42 Å². The van der Waals surface area contributed by atoms with Crippen molar-refractivity contribution in [2.24, 2.45) is 0 Å². The van der Waals surface area contributed by atoms with Crippen LogP contribution in [0.1, 0.15) is 16.7 Å². The molecule has 37 heavy (non-hydrogen) atoms. The number of nitrogens with zero attached hydrogens (tertiary/aromatic N) is 3. The van der Waals surface area contributed by atoms with Gasteiger partial charge in [0.1, 0.15) is 13.7 Å². The van der Waals surface area contributed by atoms with E-state index >= 15 is 0 Å². The molecular weight excluding hydrogens is 505 g/mol. The van der Waals surface area contributed by atoms with Gasteiger partial charge in [-0.1, -0.05) is 71.8 Å². The number of hydrogen-bond donors (Lipinski definition) is 2. The molecule has 0 spiro atoms. The van der Waals surface area contributed by atoms with E-state index in [1.54, 1.807) is 35.0 Å². The standard InChI is InChI=1S/C27H23BClN5O2S/c1-18-6-12-21(13-7-18)37(35,36)32-16-20-10-8-19(9-11-20)15-30-26-14-25(22-4-2-3-5-24(22)29)33-27-23(28)17-31-34(26)27/h2-14,17,30,32H,15-16H2,1H3. The topological polar surface area (TPSA) is 88.4 Å². The van der Waals surface area contributed by atoms with Gasteiger partial charge in [0.2, 0.25) is 10.0 Å². The Labute approximate surface area is 222 Å². The predicted octanol–water partition coefficient (Wildman–Crippen LogP) is 4.24. The molecular formula is C27H23BClN5O2S. The summed E-state index contributed by atoms with van der Waals surface area (Å²) in [5.41, 5.74) is 5.36. The number of fused-ring (bicyclic) bond motifs is 1. The maximum absolute atomic E-state index is 12.6. The quantitative estimate of drug-likeness (QED) is 0.295. The number of benzene rings is 3. The molecule has 2 aromatic heterocycles. The Morgan fingerprint density at radius 3 is 2.32 bits per heavy atom. The maximum Gasteiger partial charge on any atom is 0.240 e. The van der Waals surface area contributed by atoms with Gasteiger partial charge in [-0.25, -0.2) is 18.1 Å². The number of aromatic nitrogens is 3. The van der Waals surface area contributed by atoms with Crippen LogP contribution in [-0.2, 0) is 23.1 Å². The van der Waals surface area contributed by atoms with Gasteiger partial charge in [0.25, 0.3) is 0 Å². The van der Waals surface area contributed by atoms with Gasteiger partial charge in [0.05, 0.1) is 10.6 Å². The third-order valence-corrected chi connectivity index (χ3v) is 7.69. The SMILES string of the molecule is [B]c1cnn2c(NCc3ccc(CNS(=O)(=O)c4ccc(C)cc4)cc3)cc(-c3ccccc3Cl)nc12. The van der Waals surface area contributed by atoms with Crippen LogP contribution in [0.15, 0.2) is 90.0 Å². The molecule has 0 amide bonds. The fourth-order valence-electron chi connectivity index (χ4n) is 3.86. The van der Waals surface area contributed by atoms with Crippen molar-refractivity contribution in [2.45, 2.75) is 24.9 Å². The van der Waals surface area contributed by atoms with Crippen molar-refractivity contribution in [3.63, 3.8) is 0 Å². The lowest BCUT2D eigenvalue weighted by molar-refractivity contribution is 0.581. The van der Waals surface area contributed by atoms with E-state index in [0.29, 0.717) is 34.2 Å². The van der Waals surface area contributed by atoms with Crippen LogP contribution >= 0.6 is 11.6 Å². The average molecular weight is 528 g/mol. The van der Waals surface area contributed by atoms with Crippen LogP contribution < -0.4 is 15.5 Å². The number of aryl methyl sites for hydroxylation is 1. The molecule has 5 aromatic rings. The van der Waals surface area contributed by atoms with E-state index in [1.807, 2.05) is 61.5 Å². The summed E-state index contributed by atoms with van der Waals surface area (Å²) < 4.78 is 29.4. The zero-order valence-corrected chi connectivity index (χ0v) is 21.6. The van der Waals surface area contributed by atoms with E-state index in [1.165, 1.54) is 0 Å². The van der Waals surface area contributed by atoms with E-state index in [2.05, 4.69) is 20.1 Å². The highest BCUT2D eigenvalue weighted by Gasteiger charge is 2.14. The summed E-state index contributed by atoms with van der Waals surface area (Å²) in [6.07, 6.45) is 1.57. The van der Waals surface area contributed by atoms with Crippen molar-refractivity contribution in [3.05, 3.63) is 107 Å².